The van der Waals surface area contributed by atoms with Crippen LogP contribution in [0.15, 0.2) is 103 Å². The van der Waals surface area contributed by atoms with Crippen LogP contribution in [0.3, 0.4) is 0 Å². The van der Waals surface area contributed by atoms with Crippen LogP contribution in [0, 0.1) is 0 Å². The van der Waals surface area contributed by atoms with E-state index in [1.165, 1.54) is 0 Å². The molecule has 0 fully saturated rings. The molecule has 0 saturated carbocycles. The third-order valence-corrected chi connectivity index (χ3v) is 6.63. The minimum Gasteiger partial charge on any atom is -0.427 e. The van der Waals surface area contributed by atoms with Gasteiger partial charge in [-0.2, -0.15) is 5.10 Å². The van der Waals surface area contributed by atoms with Crippen molar-refractivity contribution in [3.8, 4) is 0 Å². The average Bonchev–Trinajstić information content (AvgIpc) is 3.29. The highest BCUT2D eigenvalue weighted by atomic mass is 16.5. The molecule has 0 amide bonds. The second kappa shape index (κ2) is 9.01. The lowest BCUT2D eigenvalue weighted by molar-refractivity contribution is -0.0893. The Morgan fingerprint density at radius 2 is 1.15 bits per heavy atom. The largest absolute Gasteiger partial charge is 0.427 e. The fourth-order valence-corrected chi connectivity index (χ4v) is 3.99. The highest BCUT2D eigenvalue weighted by Gasteiger charge is 2.40. The summed E-state index contributed by atoms with van der Waals surface area (Å²) in [6, 6.07) is 31.4. The Morgan fingerprint density at radius 1 is 0.727 bits per heavy atom. The molecule has 0 spiro atoms. The zero-order valence-corrected chi connectivity index (χ0v) is 19.8. The molecule has 33 heavy (non-hydrogen) atoms. The molecular formula is C28H31BN2O2. The van der Waals surface area contributed by atoms with Gasteiger partial charge in [-0.15, -0.1) is 0 Å². The van der Waals surface area contributed by atoms with Crippen LogP contribution >= 0.6 is 0 Å². The van der Waals surface area contributed by atoms with E-state index in [4.69, 9.17) is 9.75 Å². The molecule has 1 heterocycles. The quantitative estimate of drug-likeness (QED) is 0.330. The van der Waals surface area contributed by atoms with Gasteiger partial charge in [0.25, 0.3) is 0 Å². The second-order valence-corrected chi connectivity index (χ2v) is 9.46. The molecule has 0 atom stereocenters. The summed E-state index contributed by atoms with van der Waals surface area (Å²) >= 11 is 0. The van der Waals surface area contributed by atoms with Crippen LogP contribution in [0.5, 0.6) is 0 Å². The Morgan fingerprint density at radius 3 is 1.55 bits per heavy atom. The van der Waals surface area contributed by atoms with Crippen molar-refractivity contribution in [2.45, 2.75) is 44.4 Å². The van der Waals surface area contributed by atoms with Crippen LogP contribution in [0.4, 0.5) is 0 Å². The predicted octanol–water partition coefficient (Wildman–Crippen LogP) is 4.27. The van der Waals surface area contributed by atoms with Crippen LogP contribution in [0.25, 0.3) is 0 Å². The van der Waals surface area contributed by atoms with Crippen molar-refractivity contribution >= 4 is 12.9 Å². The maximum atomic E-state index is 10.5. The molecule has 0 aliphatic rings. The van der Waals surface area contributed by atoms with Crippen molar-refractivity contribution < 1.29 is 9.76 Å². The molecular weight excluding hydrogens is 407 g/mol. The summed E-state index contributed by atoms with van der Waals surface area (Å²) in [5.41, 5.74) is 1.99. The van der Waals surface area contributed by atoms with Gasteiger partial charge in [0.2, 0.25) is 0 Å². The topological polar surface area (TPSA) is 47.3 Å². The molecule has 1 aromatic heterocycles. The highest BCUT2D eigenvalue weighted by Crippen LogP contribution is 2.39. The van der Waals surface area contributed by atoms with Gasteiger partial charge in [-0.05, 0) is 49.8 Å². The van der Waals surface area contributed by atoms with E-state index in [1.54, 1.807) is 13.8 Å². The van der Waals surface area contributed by atoms with Gasteiger partial charge >= 0.3 is 7.48 Å². The third-order valence-electron chi connectivity index (χ3n) is 6.63. The predicted molar refractivity (Wildman–Crippen MR) is 135 cm³/mol. The number of rotatable bonds is 8. The number of hydrogen-bond donors (Lipinski definition) is 1. The minimum absolute atomic E-state index is 0.353. The van der Waals surface area contributed by atoms with Crippen LogP contribution in [0.1, 0.15) is 44.4 Å². The first-order chi connectivity index (χ1) is 15.7. The molecule has 4 aromatic rings. The van der Waals surface area contributed by atoms with Crippen LogP contribution < -0.4 is 5.46 Å². The lowest BCUT2D eigenvalue weighted by atomic mass is 9.77. The Balaban J connectivity index is 1.85. The van der Waals surface area contributed by atoms with Gasteiger partial charge in [0, 0.05) is 12.4 Å². The SMILES string of the molecule is CC(C)(O)C(C)(C)OBc1cnn(C(c2ccccc2)(c2ccccc2)c2ccccc2)c1. The lowest BCUT2D eigenvalue weighted by Crippen LogP contribution is -2.49. The number of hydrogen-bond acceptors (Lipinski definition) is 3. The van der Waals surface area contributed by atoms with Gasteiger partial charge in [0.05, 0.1) is 11.2 Å². The van der Waals surface area contributed by atoms with Crippen LogP contribution in [0.2, 0.25) is 0 Å². The van der Waals surface area contributed by atoms with E-state index in [0.717, 1.165) is 22.2 Å². The van der Waals surface area contributed by atoms with Crippen molar-refractivity contribution in [1.82, 2.24) is 9.78 Å². The van der Waals surface area contributed by atoms with Crippen LogP contribution in [-0.2, 0) is 10.2 Å². The Bertz CT molecular complexity index is 1070. The molecule has 0 unspecified atom stereocenters. The van der Waals surface area contributed by atoms with E-state index in [1.807, 2.05) is 49.1 Å². The molecule has 0 aliphatic carbocycles. The summed E-state index contributed by atoms with van der Waals surface area (Å²) in [5.74, 6) is 0. The monoisotopic (exact) mass is 438 g/mol. The molecule has 0 aliphatic heterocycles. The smallest absolute Gasteiger partial charge is 0.312 e. The Hall–Kier alpha value is -3.15. The number of aliphatic hydroxyl groups is 1. The number of benzene rings is 3. The molecule has 0 saturated heterocycles. The van der Waals surface area contributed by atoms with Gasteiger partial charge in [-0.3, -0.25) is 4.68 Å². The van der Waals surface area contributed by atoms with Gasteiger partial charge < -0.3 is 9.76 Å². The molecule has 168 valence electrons. The fraction of sp³-hybridized carbons (Fsp3) is 0.250. The Labute approximate surface area is 197 Å². The molecule has 1 N–H and O–H groups in total. The zero-order chi connectivity index (χ0) is 23.5. The molecule has 0 radical (unpaired) electrons. The lowest BCUT2D eigenvalue weighted by Gasteiger charge is -2.37. The first-order valence-electron chi connectivity index (χ1n) is 11.3. The molecule has 0 bridgehead atoms. The average molecular weight is 438 g/mol. The highest BCUT2D eigenvalue weighted by molar-refractivity contribution is 6.46. The number of nitrogens with zero attached hydrogens (tertiary/aromatic N) is 2. The van der Waals surface area contributed by atoms with Gasteiger partial charge in [0.1, 0.15) is 5.54 Å². The van der Waals surface area contributed by atoms with Crippen molar-refractivity contribution in [3.05, 3.63) is 120 Å². The number of aromatic nitrogens is 2. The molecule has 3 aromatic carbocycles. The normalized spacial score (nSPS) is 12.5. The van der Waals surface area contributed by atoms with Crippen molar-refractivity contribution in [2.75, 3.05) is 0 Å². The fourth-order valence-electron chi connectivity index (χ4n) is 3.99. The van der Waals surface area contributed by atoms with Crippen molar-refractivity contribution in [2.24, 2.45) is 0 Å². The summed E-state index contributed by atoms with van der Waals surface area (Å²) in [6.07, 6.45) is 3.90. The summed E-state index contributed by atoms with van der Waals surface area (Å²) in [6.45, 7) is 7.34. The van der Waals surface area contributed by atoms with Crippen LogP contribution in [-0.4, -0.2) is 33.6 Å². The van der Waals surface area contributed by atoms with E-state index in [9.17, 15) is 5.11 Å². The summed E-state index contributed by atoms with van der Waals surface area (Å²) in [7, 11) is 0.353. The Kier molecular flexibility index (Phi) is 6.29. The summed E-state index contributed by atoms with van der Waals surface area (Å²) in [4.78, 5) is 0. The first-order valence-corrected chi connectivity index (χ1v) is 11.3. The third kappa shape index (κ3) is 4.39. The first kappa shape index (κ1) is 23.0. The maximum Gasteiger partial charge on any atom is 0.312 e. The van der Waals surface area contributed by atoms with E-state index >= 15 is 0 Å². The van der Waals surface area contributed by atoms with E-state index in [2.05, 4.69) is 72.8 Å². The van der Waals surface area contributed by atoms with Crippen molar-refractivity contribution in [1.29, 1.82) is 0 Å². The summed E-state index contributed by atoms with van der Waals surface area (Å²) in [5, 5.41) is 15.3. The van der Waals surface area contributed by atoms with Crippen molar-refractivity contribution in [3.63, 3.8) is 0 Å². The van der Waals surface area contributed by atoms with Gasteiger partial charge in [-0.1, -0.05) is 91.0 Å². The van der Waals surface area contributed by atoms with Gasteiger partial charge in [0.15, 0.2) is 0 Å². The minimum atomic E-state index is -0.967. The van der Waals surface area contributed by atoms with Gasteiger partial charge in [-0.25, -0.2) is 0 Å². The molecule has 4 nitrogen and oxygen atoms in total. The molecule has 5 heteroatoms. The second-order valence-electron chi connectivity index (χ2n) is 9.46. The summed E-state index contributed by atoms with van der Waals surface area (Å²) < 4.78 is 8.15. The van der Waals surface area contributed by atoms with E-state index < -0.39 is 16.7 Å². The zero-order valence-electron chi connectivity index (χ0n) is 19.8. The molecule has 4 rings (SSSR count). The maximum absolute atomic E-state index is 10.5. The standard InChI is InChI=1S/C28H31BN2O2/c1-26(2,32)27(3,4)33-29-25-20-30-31(21-25)28(22-14-8-5-9-15-22,23-16-10-6-11-17-23)24-18-12-7-13-19-24/h5-21,29,32H,1-4H3. The van der Waals surface area contributed by atoms with E-state index in [0.29, 0.717) is 7.48 Å². The van der Waals surface area contributed by atoms with E-state index in [-0.39, 0.29) is 0 Å².